The molecule has 7 heteroatoms. The molecule has 1 amide bonds. The summed E-state index contributed by atoms with van der Waals surface area (Å²) >= 11 is 5.26. The van der Waals surface area contributed by atoms with Crippen LogP contribution in [0.15, 0.2) is 48.5 Å². The van der Waals surface area contributed by atoms with E-state index in [2.05, 4.69) is 17.6 Å². The third-order valence-electron chi connectivity index (χ3n) is 4.67. The summed E-state index contributed by atoms with van der Waals surface area (Å²) in [5.74, 6) is 1.22. The lowest BCUT2D eigenvalue weighted by Gasteiger charge is -2.11. The number of hydrogen-bond acceptors (Lipinski definition) is 5. The van der Waals surface area contributed by atoms with Crippen molar-refractivity contribution >= 4 is 28.9 Å². The molecule has 32 heavy (non-hydrogen) atoms. The van der Waals surface area contributed by atoms with Gasteiger partial charge < -0.3 is 19.5 Å². The number of hydrogen-bond donors (Lipinski definition) is 2. The predicted molar refractivity (Wildman–Crippen MR) is 133 cm³/mol. The first kappa shape index (κ1) is 25.6. The number of thiocarbonyl (C=S) groups is 1. The van der Waals surface area contributed by atoms with Crippen LogP contribution < -0.4 is 20.1 Å². The highest BCUT2D eigenvalue weighted by Gasteiger charge is 2.08. The molecule has 0 fully saturated rings. The SMILES string of the molecule is CCCCCCCOc1ccc(NC(=S)NC(=O)c2ccc(OCCOCC)cc2)cc1. The number of amides is 1. The molecule has 2 aromatic rings. The summed E-state index contributed by atoms with van der Waals surface area (Å²) in [7, 11) is 0. The topological polar surface area (TPSA) is 68.8 Å². The zero-order valence-corrected chi connectivity index (χ0v) is 19.8. The molecule has 0 spiro atoms. The van der Waals surface area contributed by atoms with Crippen molar-refractivity contribution < 1.29 is 19.0 Å². The Hall–Kier alpha value is -2.64. The Morgan fingerprint density at radius 3 is 2.09 bits per heavy atom. The van der Waals surface area contributed by atoms with Gasteiger partial charge in [-0.1, -0.05) is 32.6 Å². The number of carbonyl (C=O) groups excluding carboxylic acids is 1. The van der Waals surface area contributed by atoms with Crippen LogP contribution in [-0.2, 0) is 4.74 Å². The molecule has 6 nitrogen and oxygen atoms in total. The third kappa shape index (κ3) is 10.1. The van der Waals surface area contributed by atoms with Crippen LogP contribution in [0.2, 0.25) is 0 Å². The van der Waals surface area contributed by atoms with E-state index in [0.29, 0.717) is 31.1 Å². The van der Waals surface area contributed by atoms with Gasteiger partial charge in [-0.2, -0.15) is 0 Å². The molecule has 0 atom stereocenters. The molecule has 0 saturated carbocycles. The molecule has 2 N–H and O–H groups in total. The van der Waals surface area contributed by atoms with Crippen molar-refractivity contribution in [1.29, 1.82) is 0 Å². The van der Waals surface area contributed by atoms with Gasteiger partial charge >= 0.3 is 0 Å². The molecule has 2 rings (SSSR count). The Morgan fingerprint density at radius 2 is 1.44 bits per heavy atom. The van der Waals surface area contributed by atoms with E-state index in [-0.39, 0.29) is 11.0 Å². The molecule has 2 aromatic carbocycles. The van der Waals surface area contributed by atoms with Gasteiger partial charge in [0.15, 0.2) is 5.11 Å². The van der Waals surface area contributed by atoms with E-state index in [4.69, 9.17) is 26.4 Å². The lowest BCUT2D eigenvalue weighted by molar-refractivity contribution is 0.0977. The van der Waals surface area contributed by atoms with Gasteiger partial charge in [-0.25, -0.2) is 0 Å². The highest BCUT2D eigenvalue weighted by atomic mass is 32.1. The van der Waals surface area contributed by atoms with Gasteiger partial charge in [0.2, 0.25) is 0 Å². The number of unbranched alkanes of at least 4 members (excludes halogenated alkanes) is 4. The summed E-state index contributed by atoms with van der Waals surface area (Å²) < 4.78 is 16.6. The van der Waals surface area contributed by atoms with Crippen LogP contribution in [-0.4, -0.2) is 37.4 Å². The monoisotopic (exact) mass is 458 g/mol. The van der Waals surface area contributed by atoms with E-state index >= 15 is 0 Å². The number of ether oxygens (including phenoxy) is 3. The van der Waals surface area contributed by atoms with Crippen LogP contribution in [0, 0.1) is 0 Å². The molecule has 0 saturated heterocycles. The number of benzene rings is 2. The van der Waals surface area contributed by atoms with Crippen LogP contribution in [0.3, 0.4) is 0 Å². The molecule has 0 aliphatic carbocycles. The van der Waals surface area contributed by atoms with Crippen LogP contribution >= 0.6 is 12.2 Å². The number of anilines is 1. The molecule has 0 aromatic heterocycles. The van der Waals surface area contributed by atoms with Crippen molar-refractivity contribution in [3.63, 3.8) is 0 Å². The second kappa shape index (κ2) is 15.2. The largest absolute Gasteiger partial charge is 0.494 e. The van der Waals surface area contributed by atoms with Crippen molar-refractivity contribution in [3.8, 4) is 11.5 Å². The van der Waals surface area contributed by atoms with Gasteiger partial charge in [-0.15, -0.1) is 0 Å². The summed E-state index contributed by atoms with van der Waals surface area (Å²) in [5.41, 5.74) is 1.28. The van der Waals surface area contributed by atoms with Crippen molar-refractivity contribution in [1.82, 2.24) is 5.32 Å². The molecule has 174 valence electrons. The maximum Gasteiger partial charge on any atom is 0.257 e. The van der Waals surface area contributed by atoms with E-state index in [9.17, 15) is 4.79 Å². The second-order valence-corrected chi connectivity index (χ2v) is 7.67. The van der Waals surface area contributed by atoms with Crippen molar-refractivity contribution in [2.75, 3.05) is 31.7 Å². The van der Waals surface area contributed by atoms with Gasteiger partial charge in [0.05, 0.1) is 13.2 Å². The van der Waals surface area contributed by atoms with Crippen LogP contribution in [0.25, 0.3) is 0 Å². The van der Waals surface area contributed by atoms with Gasteiger partial charge in [-0.05, 0) is 74.1 Å². The number of carbonyl (C=O) groups is 1. The first-order valence-corrected chi connectivity index (χ1v) is 11.7. The predicted octanol–water partition coefficient (Wildman–Crippen LogP) is 5.58. The first-order valence-electron chi connectivity index (χ1n) is 11.3. The molecular weight excluding hydrogens is 424 g/mol. The van der Waals surface area contributed by atoms with Crippen molar-refractivity contribution in [3.05, 3.63) is 54.1 Å². The number of rotatable bonds is 14. The van der Waals surface area contributed by atoms with Gasteiger partial charge in [-0.3, -0.25) is 10.1 Å². The quantitative estimate of drug-likeness (QED) is 0.285. The third-order valence-corrected chi connectivity index (χ3v) is 4.88. The Labute approximate surface area is 196 Å². The lowest BCUT2D eigenvalue weighted by Crippen LogP contribution is -2.34. The fourth-order valence-corrected chi connectivity index (χ4v) is 3.14. The summed E-state index contributed by atoms with van der Waals surface area (Å²) in [6.07, 6.45) is 6.06. The maximum atomic E-state index is 12.4. The van der Waals surface area contributed by atoms with Gasteiger partial charge in [0.25, 0.3) is 5.91 Å². The Morgan fingerprint density at radius 1 is 0.812 bits per heavy atom. The summed E-state index contributed by atoms with van der Waals surface area (Å²) in [5, 5.41) is 5.94. The molecule has 0 unspecified atom stereocenters. The minimum absolute atomic E-state index is 0.233. The van der Waals surface area contributed by atoms with E-state index in [1.165, 1.54) is 25.7 Å². The van der Waals surface area contributed by atoms with Gasteiger partial charge in [0.1, 0.15) is 18.1 Å². The average Bonchev–Trinajstić information content (AvgIpc) is 2.80. The standard InChI is InChI=1S/C25H34N2O4S/c1-3-5-6-7-8-17-30-23-15-11-21(12-16-23)26-25(32)27-24(28)20-9-13-22(14-10-20)31-19-18-29-4-2/h9-16H,3-8,17-19H2,1-2H3,(H2,26,27,28,32). The molecule has 0 aliphatic rings. The molecule has 0 heterocycles. The zero-order chi connectivity index (χ0) is 23.0. The highest BCUT2D eigenvalue weighted by Crippen LogP contribution is 2.17. The number of nitrogens with one attached hydrogen (secondary N) is 2. The minimum atomic E-state index is -0.286. The fraction of sp³-hybridized carbons (Fsp3) is 0.440. The smallest absolute Gasteiger partial charge is 0.257 e. The lowest BCUT2D eigenvalue weighted by atomic mass is 10.2. The average molecular weight is 459 g/mol. The van der Waals surface area contributed by atoms with Crippen molar-refractivity contribution in [2.45, 2.75) is 46.0 Å². The van der Waals surface area contributed by atoms with E-state index < -0.39 is 0 Å². The Balaban J connectivity index is 1.71. The van der Waals surface area contributed by atoms with Crippen LogP contribution in [0.4, 0.5) is 5.69 Å². The maximum absolute atomic E-state index is 12.4. The summed E-state index contributed by atoms with van der Waals surface area (Å²) in [6, 6.07) is 14.4. The summed E-state index contributed by atoms with van der Waals surface area (Å²) in [6.45, 7) is 6.53. The van der Waals surface area contributed by atoms with Crippen molar-refractivity contribution in [2.24, 2.45) is 0 Å². The molecule has 0 aliphatic heterocycles. The highest BCUT2D eigenvalue weighted by molar-refractivity contribution is 7.80. The van der Waals surface area contributed by atoms with E-state index in [0.717, 1.165) is 24.5 Å². The zero-order valence-electron chi connectivity index (χ0n) is 19.0. The molecule has 0 radical (unpaired) electrons. The van der Waals surface area contributed by atoms with Gasteiger partial charge in [0, 0.05) is 17.9 Å². The fourth-order valence-electron chi connectivity index (χ4n) is 2.93. The first-order chi connectivity index (χ1) is 15.6. The van der Waals surface area contributed by atoms with Crippen LogP contribution in [0.5, 0.6) is 11.5 Å². The molecule has 0 bridgehead atoms. The minimum Gasteiger partial charge on any atom is -0.494 e. The Bertz CT molecular complexity index is 810. The van der Waals surface area contributed by atoms with E-state index in [1.54, 1.807) is 24.3 Å². The van der Waals surface area contributed by atoms with Crippen LogP contribution in [0.1, 0.15) is 56.3 Å². The summed E-state index contributed by atoms with van der Waals surface area (Å²) in [4.78, 5) is 12.4. The molecular formula is C25H34N2O4S. The van der Waals surface area contributed by atoms with E-state index in [1.807, 2.05) is 31.2 Å². The Kier molecular flexibility index (Phi) is 12.2. The normalized spacial score (nSPS) is 10.4. The second-order valence-electron chi connectivity index (χ2n) is 7.27.